The van der Waals surface area contributed by atoms with Crippen molar-refractivity contribution in [2.45, 2.75) is 18.1 Å². The van der Waals surface area contributed by atoms with Gasteiger partial charge in [-0.25, -0.2) is 17.5 Å². The molecule has 0 N–H and O–H groups in total. The lowest BCUT2D eigenvalue weighted by Crippen LogP contribution is -2.22. The molecular weight excluding hydrogens is 394 g/mol. The van der Waals surface area contributed by atoms with Crippen LogP contribution in [0.3, 0.4) is 0 Å². The van der Waals surface area contributed by atoms with E-state index in [1.807, 2.05) is 0 Å². The van der Waals surface area contributed by atoms with Gasteiger partial charge >= 0.3 is 5.97 Å². The maximum Gasteiger partial charge on any atom is 0.338 e. The van der Waals surface area contributed by atoms with Crippen molar-refractivity contribution in [3.05, 3.63) is 58.1 Å². The van der Waals surface area contributed by atoms with Crippen molar-refractivity contribution in [2.75, 3.05) is 20.9 Å². The van der Waals surface area contributed by atoms with E-state index in [1.54, 1.807) is 12.1 Å². The molecule has 144 valence electrons. The van der Waals surface area contributed by atoms with Crippen LogP contribution in [-0.2, 0) is 32.7 Å². The molecule has 1 aliphatic rings. The summed E-state index contributed by atoms with van der Waals surface area (Å²) >= 11 is 6.09. The molecule has 0 aromatic heterocycles. The van der Waals surface area contributed by atoms with Gasteiger partial charge in [-0.2, -0.15) is 0 Å². The van der Waals surface area contributed by atoms with Crippen molar-refractivity contribution in [2.24, 2.45) is 0 Å². The lowest BCUT2D eigenvalue weighted by molar-refractivity contribution is -0.0180. The number of esters is 1. The molecule has 27 heavy (non-hydrogen) atoms. The number of halogens is 1. The quantitative estimate of drug-likeness (QED) is 0.703. The third kappa shape index (κ3) is 4.24. The Morgan fingerprint density at radius 2 is 1.93 bits per heavy atom. The van der Waals surface area contributed by atoms with E-state index in [-0.39, 0.29) is 23.9 Å². The Bertz CT molecular complexity index is 957. The highest BCUT2D eigenvalue weighted by atomic mass is 35.5. The first kappa shape index (κ1) is 19.6. The van der Waals surface area contributed by atoms with E-state index in [0.29, 0.717) is 22.9 Å². The van der Waals surface area contributed by atoms with Gasteiger partial charge in [-0.05, 0) is 36.4 Å². The molecule has 0 unspecified atom stereocenters. The van der Waals surface area contributed by atoms with Gasteiger partial charge in [0.15, 0.2) is 6.79 Å². The van der Waals surface area contributed by atoms with Crippen LogP contribution in [0.25, 0.3) is 0 Å². The highest BCUT2D eigenvalue weighted by molar-refractivity contribution is 7.89. The van der Waals surface area contributed by atoms with E-state index in [2.05, 4.69) is 0 Å². The monoisotopic (exact) mass is 411 g/mol. The number of benzene rings is 2. The van der Waals surface area contributed by atoms with Crippen LogP contribution in [0.4, 0.5) is 0 Å². The summed E-state index contributed by atoms with van der Waals surface area (Å²) < 4.78 is 41.3. The van der Waals surface area contributed by atoms with E-state index in [4.69, 9.17) is 25.8 Å². The number of sulfonamides is 1. The fourth-order valence-electron chi connectivity index (χ4n) is 2.56. The van der Waals surface area contributed by atoms with Gasteiger partial charge in [0.1, 0.15) is 12.4 Å². The van der Waals surface area contributed by atoms with Gasteiger partial charge in [0.05, 0.1) is 17.1 Å². The molecule has 0 bridgehead atoms. The zero-order chi connectivity index (χ0) is 19.6. The summed E-state index contributed by atoms with van der Waals surface area (Å²) in [5.41, 5.74) is 1.67. The Balaban J connectivity index is 1.73. The molecule has 0 fully saturated rings. The lowest BCUT2D eigenvalue weighted by Gasteiger charge is -2.21. The SMILES string of the molecule is CN(C)S(=O)(=O)c1ccc(C(=O)OCc2cc(Cl)cc3c2OCOC3)cc1. The van der Waals surface area contributed by atoms with Crippen LogP contribution in [0.15, 0.2) is 41.3 Å². The van der Waals surface area contributed by atoms with Crippen molar-refractivity contribution in [1.29, 1.82) is 0 Å². The number of carbonyl (C=O) groups excluding carboxylic acids is 1. The maximum absolute atomic E-state index is 12.3. The van der Waals surface area contributed by atoms with Crippen LogP contribution in [-0.4, -0.2) is 39.6 Å². The number of hydrogen-bond donors (Lipinski definition) is 0. The molecule has 0 saturated carbocycles. The Morgan fingerprint density at radius 3 is 2.59 bits per heavy atom. The zero-order valence-corrected chi connectivity index (χ0v) is 16.3. The van der Waals surface area contributed by atoms with Gasteiger partial charge in [0, 0.05) is 30.2 Å². The van der Waals surface area contributed by atoms with Crippen molar-refractivity contribution in [3.8, 4) is 5.75 Å². The molecule has 9 heteroatoms. The van der Waals surface area contributed by atoms with Gasteiger partial charge in [-0.1, -0.05) is 11.6 Å². The van der Waals surface area contributed by atoms with Crippen LogP contribution in [0, 0.1) is 0 Å². The largest absolute Gasteiger partial charge is 0.467 e. The second kappa shape index (κ2) is 7.85. The Labute approximate surface area is 162 Å². The Kier molecular flexibility index (Phi) is 5.71. The summed E-state index contributed by atoms with van der Waals surface area (Å²) in [6, 6.07) is 8.98. The number of ether oxygens (including phenoxy) is 3. The first-order valence-corrected chi connectivity index (χ1v) is 9.82. The molecule has 3 rings (SSSR count). The van der Waals surface area contributed by atoms with E-state index in [9.17, 15) is 13.2 Å². The van der Waals surface area contributed by atoms with Gasteiger partial charge in [0.25, 0.3) is 0 Å². The third-order valence-corrected chi connectivity index (χ3v) is 6.03. The van der Waals surface area contributed by atoms with E-state index in [0.717, 1.165) is 9.87 Å². The van der Waals surface area contributed by atoms with Gasteiger partial charge in [-0.15, -0.1) is 0 Å². The van der Waals surface area contributed by atoms with Crippen LogP contribution >= 0.6 is 11.6 Å². The minimum atomic E-state index is -3.55. The highest BCUT2D eigenvalue weighted by Gasteiger charge is 2.20. The molecule has 1 heterocycles. The molecule has 0 spiro atoms. The topological polar surface area (TPSA) is 82.1 Å². The average molecular weight is 412 g/mol. The summed E-state index contributed by atoms with van der Waals surface area (Å²) in [6.45, 7) is 0.468. The van der Waals surface area contributed by atoms with E-state index < -0.39 is 16.0 Å². The molecule has 0 aliphatic carbocycles. The molecule has 7 nitrogen and oxygen atoms in total. The smallest absolute Gasteiger partial charge is 0.338 e. The minimum absolute atomic E-state index is 0.0283. The summed E-state index contributed by atoms with van der Waals surface area (Å²) in [7, 11) is -0.670. The van der Waals surface area contributed by atoms with Gasteiger partial charge in [0.2, 0.25) is 10.0 Å². The lowest BCUT2D eigenvalue weighted by atomic mass is 10.1. The highest BCUT2D eigenvalue weighted by Crippen LogP contribution is 2.32. The van der Waals surface area contributed by atoms with Gasteiger partial charge in [-0.3, -0.25) is 0 Å². The first-order chi connectivity index (χ1) is 12.8. The van der Waals surface area contributed by atoms with E-state index in [1.165, 1.54) is 38.4 Å². The second-order valence-electron chi connectivity index (χ2n) is 6.05. The molecule has 0 saturated heterocycles. The summed E-state index contributed by atoms with van der Waals surface area (Å²) in [5, 5.41) is 0.493. The zero-order valence-electron chi connectivity index (χ0n) is 14.8. The summed E-state index contributed by atoms with van der Waals surface area (Å²) in [6.07, 6.45) is 0. The molecule has 2 aromatic rings. The van der Waals surface area contributed by atoms with Crippen LogP contribution < -0.4 is 4.74 Å². The third-order valence-electron chi connectivity index (χ3n) is 3.98. The fourth-order valence-corrected chi connectivity index (χ4v) is 3.73. The van der Waals surface area contributed by atoms with E-state index >= 15 is 0 Å². The summed E-state index contributed by atoms with van der Waals surface area (Å²) in [4.78, 5) is 12.4. The van der Waals surface area contributed by atoms with Crippen LogP contribution in [0.5, 0.6) is 5.75 Å². The van der Waals surface area contributed by atoms with Crippen molar-refractivity contribution in [1.82, 2.24) is 4.31 Å². The van der Waals surface area contributed by atoms with Crippen LogP contribution in [0.1, 0.15) is 21.5 Å². The maximum atomic E-state index is 12.3. The predicted molar refractivity (Wildman–Crippen MR) is 98.2 cm³/mol. The normalized spacial score (nSPS) is 13.8. The van der Waals surface area contributed by atoms with Crippen LogP contribution in [0.2, 0.25) is 5.02 Å². The number of fused-ring (bicyclic) bond motifs is 1. The first-order valence-electron chi connectivity index (χ1n) is 8.00. The Hall–Kier alpha value is -2.13. The molecule has 1 aliphatic heterocycles. The molecular formula is C18H18ClNO6S. The Morgan fingerprint density at radius 1 is 1.22 bits per heavy atom. The number of hydrogen-bond acceptors (Lipinski definition) is 6. The molecule has 2 aromatic carbocycles. The standard InChI is InChI=1S/C18H18ClNO6S/c1-20(2)27(22,23)16-5-3-12(4-6-16)18(21)25-10-14-8-15(19)7-13-9-24-11-26-17(13)14/h3-8H,9-11H2,1-2H3. The molecule has 0 radical (unpaired) electrons. The van der Waals surface area contributed by atoms with Crippen molar-refractivity contribution in [3.63, 3.8) is 0 Å². The molecule has 0 atom stereocenters. The number of carbonyl (C=O) groups is 1. The summed E-state index contributed by atoms with van der Waals surface area (Å²) in [5.74, 6) is 0.0236. The number of rotatable bonds is 5. The average Bonchev–Trinajstić information content (AvgIpc) is 2.65. The van der Waals surface area contributed by atoms with Crippen molar-refractivity contribution >= 4 is 27.6 Å². The van der Waals surface area contributed by atoms with Crippen molar-refractivity contribution < 1.29 is 27.4 Å². The predicted octanol–water partition coefficient (Wildman–Crippen LogP) is 2.81. The molecule has 0 amide bonds. The number of nitrogens with zero attached hydrogens (tertiary/aromatic N) is 1. The fraction of sp³-hybridized carbons (Fsp3) is 0.278. The van der Waals surface area contributed by atoms with Gasteiger partial charge < -0.3 is 14.2 Å². The minimum Gasteiger partial charge on any atom is -0.467 e. The second-order valence-corrected chi connectivity index (χ2v) is 8.64.